The quantitative estimate of drug-likeness (QED) is 0.0771. The maximum Gasteiger partial charge on any atom is 0.333 e. The Morgan fingerprint density at radius 1 is 1.26 bits per heavy atom. The van der Waals surface area contributed by atoms with Crippen LogP contribution < -0.4 is 0 Å². The summed E-state index contributed by atoms with van der Waals surface area (Å²) in [6.07, 6.45) is 14.9. The lowest BCUT2D eigenvalue weighted by Crippen LogP contribution is -2.44. The smallest absolute Gasteiger partial charge is 0.333 e. The third-order valence-corrected chi connectivity index (χ3v) is 11.0. The van der Waals surface area contributed by atoms with Crippen LogP contribution in [0.25, 0.3) is 0 Å². The minimum Gasteiger partial charge on any atom is -0.481 e. The van der Waals surface area contributed by atoms with Crippen molar-refractivity contribution in [3.8, 4) is 0 Å². The van der Waals surface area contributed by atoms with Gasteiger partial charge in [-0.3, -0.25) is 4.79 Å². The number of unbranched alkanes of at least 4 members (excludes halogenated alkanes) is 1. The number of cyclic esters (lactones) is 1. The van der Waals surface area contributed by atoms with Crippen molar-refractivity contribution >= 4 is 33.5 Å². The molecule has 2 aliphatic heterocycles. The van der Waals surface area contributed by atoms with Crippen LogP contribution in [0.1, 0.15) is 105 Å². The highest BCUT2D eigenvalue weighted by Gasteiger charge is 2.44. The van der Waals surface area contributed by atoms with E-state index in [1.807, 2.05) is 28.5 Å². The highest BCUT2D eigenvalue weighted by molar-refractivity contribution is 8.77. The minimum absolute atomic E-state index is 0.146. The minimum atomic E-state index is -1.01. The van der Waals surface area contributed by atoms with Crippen LogP contribution in [0, 0.1) is 17.3 Å². The Morgan fingerprint density at radius 2 is 2.03 bits per heavy atom. The van der Waals surface area contributed by atoms with Gasteiger partial charge in [-0.2, -0.15) is 0 Å². The van der Waals surface area contributed by atoms with Crippen LogP contribution in [0.5, 0.6) is 0 Å². The number of ether oxygens (including phenoxy) is 2. The summed E-state index contributed by atoms with van der Waals surface area (Å²) in [6, 6.07) is 0. The Balaban J connectivity index is 0.000000218. The highest BCUT2D eigenvalue weighted by atomic mass is 33.1. The molecule has 0 spiro atoms. The molecule has 0 radical (unpaired) electrons. The van der Waals surface area contributed by atoms with E-state index < -0.39 is 11.8 Å². The van der Waals surface area contributed by atoms with E-state index in [4.69, 9.17) is 9.84 Å². The molecule has 3 unspecified atom stereocenters. The SMILES string of the molecule is C/C=C1\CCOC1=O.C=C1CCC2C(CCC[C@@]2(C)COC(C)(C)O)C1.O=C(O)CCCCC1CCSS1. The van der Waals surface area contributed by atoms with Crippen molar-refractivity contribution in [2.45, 2.75) is 116 Å². The third-order valence-electron chi connectivity index (χ3n) is 8.01. The van der Waals surface area contributed by atoms with Crippen LogP contribution in [0.15, 0.2) is 23.8 Å². The van der Waals surface area contributed by atoms with Gasteiger partial charge < -0.3 is 19.7 Å². The molecule has 0 amide bonds. The molecule has 2 saturated carbocycles. The Morgan fingerprint density at radius 3 is 2.58 bits per heavy atom. The first-order valence-electron chi connectivity index (χ1n) is 14.3. The highest BCUT2D eigenvalue weighted by Crippen LogP contribution is 2.52. The van der Waals surface area contributed by atoms with Crippen molar-refractivity contribution in [2.24, 2.45) is 17.3 Å². The van der Waals surface area contributed by atoms with E-state index in [-0.39, 0.29) is 11.4 Å². The van der Waals surface area contributed by atoms with Crippen LogP contribution in [0.2, 0.25) is 0 Å². The maximum atomic E-state index is 10.5. The number of allylic oxidation sites excluding steroid dienone is 2. The average Bonchev–Trinajstić information content (AvgIpc) is 3.52. The lowest BCUT2D eigenvalue weighted by Gasteiger charge is -2.49. The van der Waals surface area contributed by atoms with Crippen LogP contribution in [-0.4, -0.2) is 52.2 Å². The monoisotopic (exact) mass is 570 g/mol. The van der Waals surface area contributed by atoms with Gasteiger partial charge >= 0.3 is 11.9 Å². The van der Waals surface area contributed by atoms with Crippen molar-refractivity contribution in [3.63, 3.8) is 0 Å². The lowest BCUT2D eigenvalue weighted by molar-refractivity contribution is -0.205. The van der Waals surface area contributed by atoms with Gasteiger partial charge in [0.2, 0.25) is 0 Å². The largest absolute Gasteiger partial charge is 0.481 e. The van der Waals surface area contributed by atoms with E-state index in [1.54, 1.807) is 19.9 Å². The fourth-order valence-corrected chi connectivity index (χ4v) is 8.86. The number of fused-ring (bicyclic) bond motifs is 1. The number of carbonyl (C=O) groups is 2. The Kier molecular flexibility index (Phi) is 14.3. The number of carboxylic acids is 1. The van der Waals surface area contributed by atoms with Crippen LogP contribution in [0.3, 0.4) is 0 Å². The standard InChI is InChI=1S/C16H28O2.C8H14O2S2.C6H8O2/c1-12-7-8-14-13(10-12)6-5-9-16(14,4)11-18-15(2,3)17;9-8(10)4-2-1-3-7-5-6-11-12-7;1-2-5-3-4-8-6(5)7/h13-14,17H,1,5-11H2,2-4H3;7H,1-6H2,(H,9,10);2H,3-4H2,1H3/b;;5-2+/t13?,14?,16-;;/m0../s1. The average molecular weight is 571 g/mol. The fourth-order valence-electron chi connectivity index (χ4n) is 5.83. The van der Waals surface area contributed by atoms with E-state index >= 15 is 0 Å². The molecule has 0 aromatic rings. The van der Waals surface area contributed by atoms with Crippen molar-refractivity contribution in [1.29, 1.82) is 0 Å². The summed E-state index contributed by atoms with van der Waals surface area (Å²) in [5.41, 5.74) is 2.48. The number of hydrogen-bond donors (Lipinski definition) is 2. The van der Waals surface area contributed by atoms with Gasteiger partial charge in [-0.15, -0.1) is 0 Å². The van der Waals surface area contributed by atoms with Crippen molar-refractivity contribution in [1.82, 2.24) is 0 Å². The molecular formula is C30H50O6S2. The van der Waals surface area contributed by atoms with Gasteiger partial charge in [-0.05, 0) is 89.4 Å². The van der Waals surface area contributed by atoms with Crippen LogP contribution in [0.4, 0.5) is 0 Å². The van der Waals surface area contributed by atoms with Gasteiger partial charge in [0.05, 0.1) is 13.2 Å². The molecule has 38 heavy (non-hydrogen) atoms. The van der Waals surface area contributed by atoms with Gasteiger partial charge in [0.25, 0.3) is 0 Å². The molecule has 2 aliphatic carbocycles. The molecule has 0 bridgehead atoms. The van der Waals surface area contributed by atoms with Gasteiger partial charge in [0.15, 0.2) is 5.79 Å². The molecule has 4 rings (SSSR count). The molecule has 4 atom stereocenters. The van der Waals surface area contributed by atoms with E-state index in [2.05, 4.69) is 18.2 Å². The Labute approximate surface area is 238 Å². The lowest BCUT2D eigenvalue weighted by atomic mass is 9.58. The summed E-state index contributed by atoms with van der Waals surface area (Å²) in [7, 11) is 3.92. The first kappa shape index (κ1) is 33.2. The van der Waals surface area contributed by atoms with E-state index in [1.165, 1.54) is 62.7 Å². The molecule has 8 heteroatoms. The first-order valence-corrected chi connectivity index (χ1v) is 16.7. The first-order chi connectivity index (χ1) is 17.9. The molecule has 4 fully saturated rings. The Hall–Kier alpha value is -0.960. The molecule has 2 saturated heterocycles. The summed E-state index contributed by atoms with van der Waals surface area (Å²) in [5.74, 6) is 1.01. The molecular weight excluding hydrogens is 520 g/mol. The zero-order chi connectivity index (χ0) is 28.2. The van der Waals surface area contributed by atoms with Crippen LogP contribution in [-0.2, 0) is 19.1 Å². The zero-order valence-electron chi connectivity index (χ0n) is 24.0. The number of aliphatic hydroxyl groups is 1. The molecule has 6 nitrogen and oxygen atoms in total. The predicted octanol–water partition coefficient (Wildman–Crippen LogP) is 7.56. The zero-order valence-corrected chi connectivity index (χ0v) is 25.6. The molecule has 4 aliphatic rings. The molecule has 0 aromatic heterocycles. The fraction of sp³-hybridized carbons (Fsp3) is 0.800. The molecule has 2 N–H and O–H groups in total. The summed E-state index contributed by atoms with van der Waals surface area (Å²) in [6.45, 7) is 13.1. The number of esters is 1. The molecule has 0 aromatic carbocycles. The van der Waals surface area contributed by atoms with Gasteiger partial charge in [-0.25, -0.2) is 4.79 Å². The van der Waals surface area contributed by atoms with E-state index in [0.29, 0.717) is 19.6 Å². The van der Waals surface area contributed by atoms with Crippen molar-refractivity contribution in [3.05, 3.63) is 23.8 Å². The number of rotatable bonds is 8. The second-order valence-corrected chi connectivity index (χ2v) is 14.6. The van der Waals surface area contributed by atoms with Gasteiger partial charge in [-0.1, -0.05) is 59.6 Å². The summed E-state index contributed by atoms with van der Waals surface area (Å²) in [4.78, 5) is 20.7. The molecule has 2 heterocycles. The number of aliphatic carboxylic acids is 1. The normalized spacial score (nSPS) is 30.0. The van der Waals surface area contributed by atoms with Crippen molar-refractivity contribution in [2.75, 3.05) is 19.0 Å². The Bertz CT molecular complexity index is 799. The summed E-state index contributed by atoms with van der Waals surface area (Å²) in [5, 5.41) is 19.0. The topological polar surface area (TPSA) is 93.1 Å². The molecule has 218 valence electrons. The van der Waals surface area contributed by atoms with Crippen LogP contribution >= 0.6 is 21.6 Å². The van der Waals surface area contributed by atoms with E-state index in [9.17, 15) is 14.7 Å². The summed E-state index contributed by atoms with van der Waals surface area (Å²) >= 11 is 0. The van der Waals surface area contributed by atoms with E-state index in [0.717, 1.165) is 41.9 Å². The third kappa shape index (κ3) is 12.1. The number of carboxylic acid groups (broad SMARTS) is 1. The van der Waals surface area contributed by atoms with Gasteiger partial charge in [0.1, 0.15) is 0 Å². The second-order valence-electron chi connectivity index (χ2n) is 11.8. The summed E-state index contributed by atoms with van der Waals surface area (Å²) < 4.78 is 10.3. The predicted molar refractivity (Wildman–Crippen MR) is 158 cm³/mol. The maximum absolute atomic E-state index is 10.5. The second kappa shape index (κ2) is 16.3. The van der Waals surface area contributed by atoms with Gasteiger partial charge in [0, 0.05) is 29.4 Å². The number of carbonyl (C=O) groups excluding carboxylic acids is 1. The van der Waals surface area contributed by atoms with Crippen molar-refractivity contribution < 1.29 is 29.3 Å². The number of hydrogen-bond acceptors (Lipinski definition) is 7.